The number of nitrogens with zero attached hydrogens (tertiary/aromatic N) is 1. The first-order valence-corrected chi connectivity index (χ1v) is 8.90. The minimum Gasteiger partial charge on any atom is -0.457 e. The summed E-state index contributed by atoms with van der Waals surface area (Å²) in [6.45, 7) is 0. The van der Waals surface area contributed by atoms with Gasteiger partial charge in [-0.1, -0.05) is 23.7 Å². The van der Waals surface area contributed by atoms with Gasteiger partial charge in [0.05, 0.1) is 5.56 Å². The molecule has 0 atom stereocenters. The zero-order valence-electron chi connectivity index (χ0n) is 13.3. The van der Waals surface area contributed by atoms with Crippen molar-refractivity contribution in [2.45, 2.75) is 0 Å². The second-order valence-electron chi connectivity index (χ2n) is 5.52. The molecule has 0 radical (unpaired) electrons. The van der Waals surface area contributed by atoms with Crippen LogP contribution in [0.2, 0.25) is 5.02 Å². The van der Waals surface area contributed by atoms with Crippen molar-refractivity contribution in [1.29, 1.82) is 0 Å². The zero-order valence-corrected chi connectivity index (χ0v) is 15.6. The van der Waals surface area contributed by atoms with E-state index < -0.39 is 5.97 Å². The number of esters is 1. The van der Waals surface area contributed by atoms with Gasteiger partial charge in [-0.25, -0.2) is 9.79 Å². The molecule has 3 aromatic rings. The number of carbonyl (C=O) groups is 1. The van der Waals surface area contributed by atoms with Crippen molar-refractivity contribution in [3.63, 3.8) is 0 Å². The lowest BCUT2D eigenvalue weighted by molar-refractivity contribution is -0.129. The van der Waals surface area contributed by atoms with Crippen molar-refractivity contribution in [2.75, 3.05) is 0 Å². The molecule has 0 N–H and O–H groups in total. The Hall–Kier alpha value is -2.63. The topological polar surface area (TPSA) is 51.8 Å². The molecule has 0 bridgehead atoms. The molecule has 0 aliphatic carbocycles. The molecule has 0 saturated carbocycles. The van der Waals surface area contributed by atoms with Crippen molar-refractivity contribution in [3.8, 4) is 11.3 Å². The lowest BCUT2D eigenvalue weighted by Crippen LogP contribution is -2.05. The van der Waals surface area contributed by atoms with Gasteiger partial charge in [0, 0.05) is 21.1 Å². The quantitative estimate of drug-likeness (QED) is 0.397. The number of furan rings is 1. The molecule has 1 aromatic heterocycles. The van der Waals surface area contributed by atoms with E-state index in [-0.39, 0.29) is 11.6 Å². The minimum atomic E-state index is -0.514. The minimum absolute atomic E-state index is 0.188. The summed E-state index contributed by atoms with van der Waals surface area (Å²) in [5.74, 6) is 0.937. The van der Waals surface area contributed by atoms with E-state index in [1.165, 1.54) is 0 Å². The Morgan fingerprint density at radius 2 is 1.77 bits per heavy atom. The van der Waals surface area contributed by atoms with E-state index in [2.05, 4.69) is 20.9 Å². The van der Waals surface area contributed by atoms with E-state index in [0.717, 1.165) is 10.0 Å². The van der Waals surface area contributed by atoms with Crippen molar-refractivity contribution < 1.29 is 13.9 Å². The van der Waals surface area contributed by atoms with E-state index in [9.17, 15) is 4.79 Å². The second kappa shape index (κ2) is 6.94. The third kappa shape index (κ3) is 3.36. The smallest absolute Gasteiger partial charge is 0.363 e. The molecule has 0 unspecified atom stereocenters. The number of benzene rings is 2. The van der Waals surface area contributed by atoms with Crippen molar-refractivity contribution in [3.05, 3.63) is 87.2 Å². The van der Waals surface area contributed by atoms with Crippen LogP contribution in [0.25, 0.3) is 17.4 Å². The fourth-order valence-corrected chi connectivity index (χ4v) is 3.07. The molecular formula is C20H11BrClNO3. The predicted octanol–water partition coefficient (Wildman–Crippen LogP) is 5.71. The molecule has 2 heterocycles. The van der Waals surface area contributed by atoms with Gasteiger partial charge >= 0.3 is 5.97 Å². The summed E-state index contributed by atoms with van der Waals surface area (Å²) in [4.78, 5) is 16.4. The highest BCUT2D eigenvalue weighted by Crippen LogP contribution is 2.27. The van der Waals surface area contributed by atoms with Gasteiger partial charge in [-0.05, 0) is 64.5 Å². The van der Waals surface area contributed by atoms with E-state index >= 15 is 0 Å². The van der Waals surface area contributed by atoms with Gasteiger partial charge in [0.2, 0.25) is 5.90 Å². The Morgan fingerprint density at radius 3 is 2.54 bits per heavy atom. The first-order chi connectivity index (χ1) is 12.6. The summed E-state index contributed by atoms with van der Waals surface area (Å²) < 4.78 is 11.9. The van der Waals surface area contributed by atoms with Crippen LogP contribution < -0.4 is 0 Å². The number of hydrogen-bond donors (Lipinski definition) is 0. The SMILES string of the molecule is O=C1OC(c2ccccc2Br)=N/C1=C\c1ccc(-c2ccc(Cl)cc2)o1. The number of carbonyl (C=O) groups excluding carboxylic acids is 1. The van der Waals surface area contributed by atoms with Crippen LogP contribution in [0.5, 0.6) is 0 Å². The molecule has 128 valence electrons. The van der Waals surface area contributed by atoms with Crippen LogP contribution in [0.3, 0.4) is 0 Å². The van der Waals surface area contributed by atoms with Crippen LogP contribution in [0.1, 0.15) is 11.3 Å². The maximum Gasteiger partial charge on any atom is 0.363 e. The highest BCUT2D eigenvalue weighted by molar-refractivity contribution is 9.10. The van der Waals surface area contributed by atoms with Gasteiger partial charge in [0.1, 0.15) is 11.5 Å². The third-order valence-electron chi connectivity index (χ3n) is 3.76. The number of rotatable bonds is 3. The normalized spacial score (nSPS) is 15.2. The number of halogens is 2. The van der Waals surface area contributed by atoms with E-state index in [0.29, 0.717) is 22.1 Å². The molecule has 0 fully saturated rings. The Balaban J connectivity index is 1.63. The monoisotopic (exact) mass is 427 g/mol. The van der Waals surface area contributed by atoms with E-state index in [1.807, 2.05) is 42.5 Å². The number of cyclic esters (lactones) is 1. The molecule has 4 rings (SSSR count). The number of hydrogen-bond acceptors (Lipinski definition) is 4. The van der Waals surface area contributed by atoms with Crippen molar-refractivity contribution in [1.82, 2.24) is 0 Å². The molecule has 4 nitrogen and oxygen atoms in total. The number of ether oxygens (including phenoxy) is 1. The Labute approximate surface area is 162 Å². The first kappa shape index (κ1) is 16.8. The second-order valence-corrected chi connectivity index (χ2v) is 6.82. The number of aliphatic imine (C=N–C) groups is 1. The van der Waals surface area contributed by atoms with Gasteiger partial charge in [-0.15, -0.1) is 0 Å². The van der Waals surface area contributed by atoms with Gasteiger partial charge in [0.15, 0.2) is 5.70 Å². The Morgan fingerprint density at radius 1 is 1.00 bits per heavy atom. The summed E-state index contributed by atoms with van der Waals surface area (Å²) in [5, 5.41) is 0.658. The summed E-state index contributed by atoms with van der Waals surface area (Å²) in [6, 6.07) is 18.3. The van der Waals surface area contributed by atoms with Crippen molar-refractivity contribution >= 4 is 45.5 Å². The molecule has 0 amide bonds. The fourth-order valence-electron chi connectivity index (χ4n) is 2.49. The van der Waals surface area contributed by atoms with Crippen molar-refractivity contribution in [2.24, 2.45) is 4.99 Å². The van der Waals surface area contributed by atoms with Crippen LogP contribution in [0.4, 0.5) is 0 Å². The highest BCUT2D eigenvalue weighted by Gasteiger charge is 2.25. The van der Waals surface area contributed by atoms with Gasteiger partial charge in [0.25, 0.3) is 0 Å². The third-order valence-corrected chi connectivity index (χ3v) is 4.70. The molecule has 2 aromatic carbocycles. The van der Waals surface area contributed by atoms with Crippen LogP contribution in [-0.4, -0.2) is 11.9 Å². The lowest BCUT2D eigenvalue weighted by atomic mass is 10.2. The lowest BCUT2D eigenvalue weighted by Gasteiger charge is -2.01. The van der Waals surface area contributed by atoms with Crippen LogP contribution in [-0.2, 0) is 9.53 Å². The maximum absolute atomic E-state index is 12.1. The molecule has 0 spiro atoms. The standard InChI is InChI=1S/C20H11BrClNO3/c21-16-4-2-1-3-15(16)19-23-17(20(24)26-19)11-14-9-10-18(25-14)12-5-7-13(22)8-6-12/h1-11H/b17-11-. The fraction of sp³-hybridized carbons (Fsp3) is 0. The van der Waals surface area contributed by atoms with Crippen LogP contribution in [0, 0.1) is 0 Å². The maximum atomic E-state index is 12.1. The molecule has 0 saturated heterocycles. The predicted molar refractivity (Wildman–Crippen MR) is 104 cm³/mol. The van der Waals surface area contributed by atoms with Gasteiger partial charge < -0.3 is 9.15 Å². The largest absolute Gasteiger partial charge is 0.457 e. The van der Waals surface area contributed by atoms with Crippen LogP contribution >= 0.6 is 27.5 Å². The summed E-state index contributed by atoms with van der Waals surface area (Å²) in [5.41, 5.74) is 1.80. The molecular weight excluding hydrogens is 418 g/mol. The molecule has 26 heavy (non-hydrogen) atoms. The Kier molecular flexibility index (Phi) is 4.49. The summed E-state index contributed by atoms with van der Waals surface area (Å²) in [6.07, 6.45) is 1.56. The summed E-state index contributed by atoms with van der Waals surface area (Å²) in [7, 11) is 0. The average molecular weight is 429 g/mol. The molecule has 1 aliphatic heterocycles. The van der Waals surface area contributed by atoms with E-state index in [1.54, 1.807) is 24.3 Å². The average Bonchev–Trinajstić information content (AvgIpc) is 3.24. The summed E-state index contributed by atoms with van der Waals surface area (Å²) >= 11 is 9.33. The Bertz CT molecular complexity index is 1050. The van der Waals surface area contributed by atoms with Gasteiger partial charge in [-0.3, -0.25) is 0 Å². The van der Waals surface area contributed by atoms with Crippen LogP contribution in [0.15, 0.2) is 80.2 Å². The zero-order chi connectivity index (χ0) is 18.1. The highest BCUT2D eigenvalue weighted by atomic mass is 79.9. The van der Waals surface area contributed by atoms with Gasteiger partial charge in [-0.2, -0.15) is 0 Å². The molecule has 6 heteroatoms. The van der Waals surface area contributed by atoms with E-state index in [4.69, 9.17) is 20.8 Å². The molecule has 1 aliphatic rings. The first-order valence-electron chi connectivity index (χ1n) is 7.73.